The number of benzene rings is 2. The quantitative estimate of drug-likeness (QED) is 0.447. The average molecular weight is 473 g/mol. The third-order valence-electron chi connectivity index (χ3n) is 6.25. The van der Waals surface area contributed by atoms with Gasteiger partial charge in [-0.25, -0.2) is 14.2 Å². The van der Waals surface area contributed by atoms with Gasteiger partial charge in [-0.05, 0) is 47.7 Å². The Labute approximate surface area is 200 Å². The highest BCUT2D eigenvalue weighted by Gasteiger charge is 2.22. The van der Waals surface area contributed by atoms with Crippen LogP contribution in [0.3, 0.4) is 0 Å². The van der Waals surface area contributed by atoms with Crippen LogP contribution in [0.2, 0.25) is 0 Å². The van der Waals surface area contributed by atoms with E-state index in [0.29, 0.717) is 5.82 Å². The maximum absolute atomic E-state index is 13.5. The van der Waals surface area contributed by atoms with Gasteiger partial charge in [0.25, 0.3) is 5.56 Å². The van der Waals surface area contributed by atoms with Gasteiger partial charge in [0, 0.05) is 32.3 Å². The van der Waals surface area contributed by atoms with E-state index in [-0.39, 0.29) is 43.1 Å². The molecule has 5 rings (SSSR count). The second-order valence-corrected chi connectivity index (χ2v) is 8.57. The molecular weight excluding hydrogens is 447 g/mol. The summed E-state index contributed by atoms with van der Waals surface area (Å²) >= 11 is 0. The molecule has 7 nitrogen and oxygen atoms in total. The van der Waals surface area contributed by atoms with Gasteiger partial charge in [0.2, 0.25) is 0 Å². The van der Waals surface area contributed by atoms with Gasteiger partial charge in [0.05, 0.1) is 0 Å². The molecule has 2 heterocycles. The van der Waals surface area contributed by atoms with E-state index in [2.05, 4.69) is 18.2 Å². The van der Waals surface area contributed by atoms with E-state index >= 15 is 0 Å². The molecule has 178 valence electrons. The Morgan fingerprint density at radius 3 is 2.54 bits per heavy atom. The summed E-state index contributed by atoms with van der Waals surface area (Å²) in [6.45, 7) is 0.238. The van der Waals surface area contributed by atoms with E-state index in [1.807, 2.05) is 24.3 Å². The fourth-order valence-corrected chi connectivity index (χ4v) is 4.45. The van der Waals surface area contributed by atoms with Crippen molar-refractivity contribution in [2.24, 2.45) is 7.05 Å². The molecule has 0 saturated carbocycles. The van der Waals surface area contributed by atoms with Crippen LogP contribution < -0.4 is 11.2 Å². The first-order chi connectivity index (χ1) is 17.0. The summed E-state index contributed by atoms with van der Waals surface area (Å²) in [4.78, 5) is 31.2. The van der Waals surface area contributed by atoms with Crippen LogP contribution in [0, 0.1) is 5.82 Å². The number of hydrogen-bond donors (Lipinski definition) is 1. The van der Waals surface area contributed by atoms with E-state index < -0.39 is 11.2 Å². The predicted molar refractivity (Wildman–Crippen MR) is 134 cm³/mol. The zero-order chi connectivity index (χ0) is 24.5. The molecule has 35 heavy (non-hydrogen) atoms. The third kappa shape index (κ3) is 4.17. The van der Waals surface area contributed by atoms with E-state index in [4.69, 9.17) is 4.98 Å². The van der Waals surface area contributed by atoms with Crippen molar-refractivity contribution in [3.05, 3.63) is 105 Å². The van der Waals surface area contributed by atoms with Gasteiger partial charge < -0.3 is 9.67 Å². The van der Waals surface area contributed by atoms with Crippen LogP contribution in [-0.4, -0.2) is 30.4 Å². The minimum absolute atomic E-state index is 0.102. The number of imidazole rings is 1. The molecule has 4 aromatic rings. The number of halogens is 1. The molecule has 0 fully saturated rings. The van der Waals surface area contributed by atoms with Crippen molar-refractivity contribution in [1.29, 1.82) is 0 Å². The summed E-state index contributed by atoms with van der Waals surface area (Å²) in [6, 6.07) is 14.0. The number of hydrogen-bond acceptors (Lipinski definition) is 4. The summed E-state index contributed by atoms with van der Waals surface area (Å²) in [7, 11) is 1.59. The molecule has 8 heteroatoms. The van der Waals surface area contributed by atoms with Crippen molar-refractivity contribution in [2.45, 2.75) is 25.9 Å². The van der Waals surface area contributed by atoms with E-state index in [9.17, 15) is 19.1 Å². The number of fused-ring (bicyclic) bond motifs is 1. The Morgan fingerprint density at radius 2 is 1.83 bits per heavy atom. The highest BCUT2D eigenvalue weighted by atomic mass is 19.1. The summed E-state index contributed by atoms with van der Waals surface area (Å²) < 4.78 is 17.8. The van der Waals surface area contributed by atoms with Gasteiger partial charge in [-0.15, -0.1) is 0 Å². The molecule has 0 saturated heterocycles. The molecule has 1 N–H and O–H groups in total. The average Bonchev–Trinajstić information content (AvgIpc) is 3.53. The molecule has 0 atom stereocenters. The molecule has 2 aromatic carbocycles. The molecule has 0 unspecified atom stereocenters. The van der Waals surface area contributed by atoms with Gasteiger partial charge in [-0.2, -0.15) is 0 Å². The van der Waals surface area contributed by atoms with Crippen LogP contribution in [0.1, 0.15) is 24.0 Å². The Hall–Kier alpha value is -4.04. The van der Waals surface area contributed by atoms with Gasteiger partial charge >= 0.3 is 5.69 Å². The van der Waals surface area contributed by atoms with Gasteiger partial charge in [0.15, 0.2) is 11.2 Å². The zero-order valence-electron chi connectivity index (χ0n) is 19.3. The van der Waals surface area contributed by atoms with Gasteiger partial charge in [-0.3, -0.25) is 13.9 Å². The van der Waals surface area contributed by atoms with E-state index in [1.165, 1.54) is 16.7 Å². The first kappa shape index (κ1) is 22.7. The van der Waals surface area contributed by atoms with Crippen LogP contribution in [0.25, 0.3) is 28.1 Å². The Bertz CT molecular complexity index is 1590. The van der Waals surface area contributed by atoms with Crippen LogP contribution in [-0.2, 0) is 20.1 Å². The highest BCUT2D eigenvalue weighted by molar-refractivity contribution is 5.81. The SMILES string of the molecule is Cn1c(=O)n(CCCO)c(=O)c2c1nc(-c1cccc(C3=CCC=C3)c1)n2Cc1ccc(F)cc1. The normalized spacial score (nSPS) is 13.1. The summed E-state index contributed by atoms with van der Waals surface area (Å²) in [5, 5.41) is 9.25. The number of nitrogens with zero attached hydrogens (tertiary/aromatic N) is 4. The standard InChI is InChI=1S/C27H25FN4O3/c1-30-25-23(26(34)31(27(30)35)14-5-15-33)32(17-18-10-12-22(28)13-11-18)24(29-25)21-9-4-8-20(16-21)19-6-2-3-7-19/h2,4,6-13,16,33H,3,5,14-15,17H2,1H3. The highest BCUT2D eigenvalue weighted by Crippen LogP contribution is 2.28. The molecule has 2 aromatic heterocycles. The largest absolute Gasteiger partial charge is 0.396 e. The topological polar surface area (TPSA) is 82.0 Å². The first-order valence-electron chi connectivity index (χ1n) is 11.5. The fraction of sp³-hybridized carbons (Fsp3) is 0.222. The summed E-state index contributed by atoms with van der Waals surface area (Å²) in [5.74, 6) is 0.199. The fourth-order valence-electron chi connectivity index (χ4n) is 4.45. The van der Waals surface area contributed by atoms with Crippen LogP contribution >= 0.6 is 0 Å². The lowest BCUT2D eigenvalue weighted by Crippen LogP contribution is -2.39. The van der Waals surface area contributed by atoms with Crippen molar-refractivity contribution < 1.29 is 9.50 Å². The second-order valence-electron chi connectivity index (χ2n) is 8.57. The maximum atomic E-state index is 13.5. The van der Waals surface area contributed by atoms with Crippen molar-refractivity contribution in [1.82, 2.24) is 18.7 Å². The van der Waals surface area contributed by atoms with E-state index in [0.717, 1.165) is 33.3 Å². The van der Waals surface area contributed by atoms with Crippen molar-refractivity contribution in [3.63, 3.8) is 0 Å². The molecule has 0 spiro atoms. The van der Waals surface area contributed by atoms with E-state index in [1.54, 1.807) is 23.7 Å². The number of rotatable bonds is 7. The van der Waals surface area contributed by atoms with Crippen molar-refractivity contribution in [3.8, 4) is 11.4 Å². The molecule has 1 aliphatic carbocycles. The number of aliphatic hydroxyl groups is 1. The van der Waals surface area contributed by atoms with Crippen LogP contribution in [0.5, 0.6) is 0 Å². The van der Waals surface area contributed by atoms with Crippen molar-refractivity contribution in [2.75, 3.05) is 6.61 Å². The van der Waals surface area contributed by atoms with Crippen LogP contribution in [0.15, 0.2) is 76.3 Å². The molecule has 0 bridgehead atoms. The minimum Gasteiger partial charge on any atom is -0.396 e. The summed E-state index contributed by atoms with van der Waals surface area (Å²) in [6.07, 6.45) is 7.48. The Morgan fingerprint density at radius 1 is 1.06 bits per heavy atom. The molecule has 0 aliphatic heterocycles. The minimum atomic E-state index is -0.482. The Balaban J connectivity index is 1.76. The van der Waals surface area contributed by atoms with Gasteiger partial charge in [0.1, 0.15) is 11.6 Å². The second kappa shape index (κ2) is 9.31. The lowest BCUT2D eigenvalue weighted by Gasteiger charge is -2.12. The lowest BCUT2D eigenvalue weighted by molar-refractivity contribution is 0.277. The summed E-state index contributed by atoms with van der Waals surface area (Å²) in [5.41, 5.74) is 3.37. The number of aromatic nitrogens is 4. The predicted octanol–water partition coefficient (Wildman–Crippen LogP) is 3.48. The number of aryl methyl sites for hydroxylation is 1. The number of aliphatic hydroxyl groups excluding tert-OH is 1. The third-order valence-corrected chi connectivity index (χ3v) is 6.25. The zero-order valence-corrected chi connectivity index (χ0v) is 19.3. The monoisotopic (exact) mass is 472 g/mol. The molecule has 1 aliphatic rings. The van der Waals surface area contributed by atoms with Crippen molar-refractivity contribution >= 4 is 16.7 Å². The number of allylic oxidation sites excluding steroid dienone is 4. The molecular formula is C27H25FN4O3. The van der Waals surface area contributed by atoms with Crippen LogP contribution in [0.4, 0.5) is 4.39 Å². The molecule has 0 radical (unpaired) electrons. The van der Waals surface area contributed by atoms with Gasteiger partial charge in [-0.1, -0.05) is 48.6 Å². The maximum Gasteiger partial charge on any atom is 0.332 e. The molecule has 0 amide bonds. The lowest BCUT2D eigenvalue weighted by atomic mass is 10.0. The first-order valence-corrected chi connectivity index (χ1v) is 11.5. The Kier molecular flexibility index (Phi) is 6.05. The smallest absolute Gasteiger partial charge is 0.332 e.